The van der Waals surface area contributed by atoms with Gasteiger partial charge in [0.25, 0.3) is 0 Å². The van der Waals surface area contributed by atoms with E-state index >= 15 is 0 Å². The van der Waals surface area contributed by atoms with Crippen LogP contribution in [0.1, 0.15) is 30.4 Å². The van der Waals surface area contributed by atoms with Crippen molar-refractivity contribution in [3.05, 3.63) is 35.4 Å². The van der Waals surface area contributed by atoms with E-state index < -0.39 is 0 Å². The molecule has 2 rings (SSSR count). The van der Waals surface area contributed by atoms with Crippen molar-refractivity contribution in [1.29, 1.82) is 0 Å². The zero-order valence-electron chi connectivity index (χ0n) is 8.22. The molecule has 0 aromatic heterocycles. The molecule has 0 amide bonds. The molecule has 1 aromatic rings. The van der Waals surface area contributed by atoms with E-state index in [0.29, 0.717) is 5.41 Å². The van der Waals surface area contributed by atoms with Crippen LogP contribution in [0.15, 0.2) is 24.3 Å². The SMILES string of the molecule is Cc1ccccc1C1(CN)CCC1. The summed E-state index contributed by atoms with van der Waals surface area (Å²) in [5.41, 5.74) is 9.07. The number of rotatable bonds is 2. The minimum absolute atomic E-state index is 0.325. The van der Waals surface area contributed by atoms with E-state index in [4.69, 9.17) is 5.73 Å². The largest absolute Gasteiger partial charge is 0.330 e. The van der Waals surface area contributed by atoms with Crippen molar-refractivity contribution in [1.82, 2.24) is 0 Å². The summed E-state index contributed by atoms with van der Waals surface area (Å²) in [6, 6.07) is 8.65. The molecule has 1 aliphatic rings. The van der Waals surface area contributed by atoms with Crippen LogP contribution in [0.2, 0.25) is 0 Å². The second-order valence-corrected chi connectivity index (χ2v) is 4.15. The topological polar surface area (TPSA) is 26.0 Å². The second-order valence-electron chi connectivity index (χ2n) is 4.15. The molecule has 1 nitrogen and oxygen atoms in total. The predicted octanol–water partition coefficient (Wildman–Crippen LogP) is 2.38. The Balaban J connectivity index is 2.38. The first-order chi connectivity index (χ1) is 6.28. The zero-order chi connectivity index (χ0) is 9.31. The lowest BCUT2D eigenvalue weighted by Crippen LogP contribution is -2.42. The third-order valence-corrected chi connectivity index (χ3v) is 3.42. The molecule has 1 aromatic carbocycles. The Morgan fingerprint density at radius 3 is 2.46 bits per heavy atom. The average Bonchev–Trinajstić information content (AvgIpc) is 2.07. The Morgan fingerprint density at radius 1 is 1.31 bits per heavy atom. The highest BCUT2D eigenvalue weighted by Crippen LogP contribution is 2.43. The zero-order valence-corrected chi connectivity index (χ0v) is 8.22. The predicted molar refractivity (Wildman–Crippen MR) is 55.8 cm³/mol. The lowest BCUT2D eigenvalue weighted by molar-refractivity contribution is 0.252. The third kappa shape index (κ3) is 1.28. The molecule has 1 saturated carbocycles. The van der Waals surface area contributed by atoms with Crippen molar-refractivity contribution >= 4 is 0 Å². The van der Waals surface area contributed by atoms with E-state index in [9.17, 15) is 0 Å². The fourth-order valence-corrected chi connectivity index (χ4v) is 2.35. The molecular formula is C12H17N. The standard InChI is InChI=1S/C12H17N/c1-10-5-2-3-6-11(10)12(9-13)7-4-8-12/h2-3,5-6H,4,7-9,13H2,1H3. The number of hydrogen-bond acceptors (Lipinski definition) is 1. The molecule has 70 valence electrons. The van der Waals surface area contributed by atoms with Crippen molar-refractivity contribution in [2.75, 3.05) is 6.54 Å². The van der Waals surface area contributed by atoms with E-state index in [0.717, 1.165) is 6.54 Å². The highest BCUT2D eigenvalue weighted by Gasteiger charge is 2.37. The summed E-state index contributed by atoms with van der Waals surface area (Å²) in [4.78, 5) is 0. The number of benzene rings is 1. The van der Waals surface area contributed by atoms with E-state index in [1.165, 1.54) is 30.4 Å². The normalized spacial score (nSPS) is 19.5. The Kier molecular flexibility index (Phi) is 2.12. The first kappa shape index (κ1) is 8.76. The van der Waals surface area contributed by atoms with Crippen molar-refractivity contribution in [3.8, 4) is 0 Å². The molecule has 0 heterocycles. The Hall–Kier alpha value is -0.820. The first-order valence-corrected chi connectivity index (χ1v) is 5.05. The van der Waals surface area contributed by atoms with Gasteiger partial charge in [-0.3, -0.25) is 0 Å². The van der Waals surface area contributed by atoms with Crippen LogP contribution < -0.4 is 5.73 Å². The molecule has 0 atom stereocenters. The maximum Gasteiger partial charge on any atom is 0.00781 e. The minimum Gasteiger partial charge on any atom is -0.330 e. The summed E-state index contributed by atoms with van der Waals surface area (Å²) < 4.78 is 0. The lowest BCUT2D eigenvalue weighted by Gasteiger charge is -2.42. The summed E-state index contributed by atoms with van der Waals surface area (Å²) in [7, 11) is 0. The molecule has 0 spiro atoms. The maximum atomic E-state index is 5.87. The van der Waals surface area contributed by atoms with E-state index in [1.54, 1.807) is 0 Å². The first-order valence-electron chi connectivity index (χ1n) is 5.05. The van der Waals surface area contributed by atoms with Gasteiger partial charge in [-0.2, -0.15) is 0 Å². The molecule has 13 heavy (non-hydrogen) atoms. The molecule has 0 aliphatic heterocycles. The lowest BCUT2D eigenvalue weighted by atomic mass is 9.63. The number of aryl methyl sites for hydroxylation is 1. The van der Waals surface area contributed by atoms with Crippen LogP contribution in [0.3, 0.4) is 0 Å². The molecule has 0 bridgehead atoms. The summed E-state index contributed by atoms with van der Waals surface area (Å²) >= 11 is 0. The average molecular weight is 175 g/mol. The summed E-state index contributed by atoms with van der Waals surface area (Å²) in [5.74, 6) is 0. The summed E-state index contributed by atoms with van der Waals surface area (Å²) in [6.45, 7) is 2.99. The molecule has 0 saturated heterocycles. The molecule has 0 unspecified atom stereocenters. The van der Waals surface area contributed by atoms with Gasteiger partial charge in [0.05, 0.1) is 0 Å². The minimum atomic E-state index is 0.325. The summed E-state index contributed by atoms with van der Waals surface area (Å²) in [5, 5.41) is 0. The summed E-state index contributed by atoms with van der Waals surface area (Å²) in [6.07, 6.45) is 3.88. The van der Waals surface area contributed by atoms with Crippen LogP contribution >= 0.6 is 0 Å². The van der Waals surface area contributed by atoms with Crippen molar-refractivity contribution in [2.24, 2.45) is 5.73 Å². The number of hydrogen-bond donors (Lipinski definition) is 1. The van der Waals surface area contributed by atoms with Crippen LogP contribution in [0.25, 0.3) is 0 Å². The molecular weight excluding hydrogens is 158 g/mol. The quantitative estimate of drug-likeness (QED) is 0.733. The van der Waals surface area contributed by atoms with Crippen molar-refractivity contribution < 1.29 is 0 Å². The van der Waals surface area contributed by atoms with Gasteiger partial charge < -0.3 is 5.73 Å². The molecule has 1 heteroatoms. The Bertz CT molecular complexity index is 294. The number of nitrogens with two attached hydrogens (primary N) is 1. The second kappa shape index (κ2) is 3.15. The smallest absolute Gasteiger partial charge is 0.00781 e. The highest BCUT2D eigenvalue weighted by atomic mass is 14.6. The van der Waals surface area contributed by atoms with E-state index in [1.807, 2.05) is 0 Å². The van der Waals surface area contributed by atoms with E-state index in [2.05, 4.69) is 31.2 Å². The Labute approximate surface area is 80.0 Å². The van der Waals surface area contributed by atoms with Gasteiger partial charge in [-0.15, -0.1) is 0 Å². The molecule has 1 fully saturated rings. The fourth-order valence-electron chi connectivity index (χ4n) is 2.35. The Morgan fingerprint density at radius 2 is 2.00 bits per heavy atom. The van der Waals surface area contributed by atoms with Gasteiger partial charge in [-0.25, -0.2) is 0 Å². The highest BCUT2D eigenvalue weighted by molar-refractivity contribution is 5.35. The van der Waals surface area contributed by atoms with Crippen LogP contribution in [0.5, 0.6) is 0 Å². The molecule has 1 aliphatic carbocycles. The van der Waals surface area contributed by atoms with Gasteiger partial charge in [0.2, 0.25) is 0 Å². The van der Waals surface area contributed by atoms with E-state index in [-0.39, 0.29) is 0 Å². The van der Waals surface area contributed by atoms with Crippen LogP contribution in [-0.4, -0.2) is 6.54 Å². The maximum absolute atomic E-state index is 5.87. The van der Waals surface area contributed by atoms with Crippen LogP contribution in [0.4, 0.5) is 0 Å². The monoisotopic (exact) mass is 175 g/mol. The van der Waals surface area contributed by atoms with Crippen molar-refractivity contribution in [3.63, 3.8) is 0 Å². The van der Waals surface area contributed by atoms with Gasteiger partial charge >= 0.3 is 0 Å². The molecule has 0 radical (unpaired) electrons. The van der Waals surface area contributed by atoms with Crippen molar-refractivity contribution in [2.45, 2.75) is 31.6 Å². The molecule has 2 N–H and O–H groups in total. The van der Waals surface area contributed by atoms with Gasteiger partial charge in [-0.1, -0.05) is 30.7 Å². The fraction of sp³-hybridized carbons (Fsp3) is 0.500. The van der Waals surface area contributed by atoms with Crippen LogP contribution in [0, 0.1) is 6.92 Å². The van der Waals surface area contributed by atoms with Gasteiger partial charge in [0, 0.05) is 12.0 Å². The van der Waals surface area contributed by atoms with Gasteiger partial charge in [0.1, 0.15) is 0 Å². The third-order valence-electron chi connectivity index (χ3n) is 3.42. The van der Waals surface area contributed by atoms with Gasteiger partial charge in [0.15, 0.2) is 0 Å². The van der Waals surface area contributed by atoms with Gasteiger partial charge in [-0.05, 0) is 30.9 Å². The van der Waals surface area contributed by atoms with Crippen LogP contribution in [-0.2, 0) is 5.41 Å².